The van der Waals surface area contributed by atoms with Gasteiger partial charge in [-0.3, -0.25) is 9.48 Å². The molecule has 84 valence electrons. The fourth-order valence-electron chi connectivity index (χ4n) is 1.75. The molecule has 0 amide bonds. The van der Waals surface area contributed by atoms with Crippen LogP contribution in [0.2, 0.25) is 0 Å². The highest BCUT2D eigenvalue weighted by Crippen LogP contribution is 2.13. The molecule has 0 saturated carbocycles. The van der Waals surface area contributed by atoms with E-state index < -0.39 is 0 Å². The molecular weight excluding hydrogens is 188 g/mol. The number of carbonyl (C=O) groups excluding carboxylic acids is 1. The zero-order chi connectivity index (χ0) is 11.3. The number of Topliss-reactive ketones (excluding diaryl/α,β-unsaturated/α-hetero) is 1. The Morgan fingerprint density at radius 2 is 2.20 bits per heavy atom. The first-order valence-corrected chi connectivity index (χ1v) is 5.76. The largest absolute Gasteiger partial charge is 0.292 e. The number of nitrogens with zero attached hydrogens (tertiary/aromatic N) is 2. The summed E-state index contributed by atoms with van der Waals surface area (Å²) in [7, 11) is 0. The lowest BCUT2D eigenvalue weighted by Gasteiger charge is -2.10. The van der Waals surface area contributed by atoms with E-state index in [9.17, 15) is 4.79 Å². The molecule has 15 heavy (non-hydrogen) atoms. The van der Waals surface area contributed by atoms with Crippen molar-refractivity contribution in [2.24, 2.45) is 5.92 Å². The van der Waals surface area contributed by atoms with Gasteiger partial charge in [0.05, 0.1) is 0 Å². The van der Waals surface area contributed by atoms with E-state index in [1.54, 1.807) is 6.20 Å². The third-order valence-electron chi connectivity index (χ3n) is 2.57. The van der Waals surface area contributed by atoms with Gasteiger partial charge >= 0.3 is 0 Å². The predicted octanol–water partition coefficient (Wildman–Crippen LogP) is 2.91. The van der Waals surface area contributed by atoms with Gasteiger partial charge in [0.25, 0.3) is 0 Å². The molecule has 3 nitrogen and oxygen atoms in total. The van der Waals surface area contributed by atoms with Crippen molar-refractivity contribution in [1.82, 2.24) is 9.78 Å². The van der Waals surface area contributed by atoms with Crippen LogP contribution in [-0.4, -0.2) is 15.6 Å². The molecule has 0 bridgehead atoms. The molecule has 3 heteroatoms. The maximum Gasteiger partial charge on any atom is 0.183 e. The topological polar surface area (TPSA) is 34.9 Å². The van der Waals surface area contributed by atoms with Crippen LogP contribution in [0.25, 0.3) is 0 Å². The van der Waals surface area contributed by atoms with Crippen LogP contribution in [0.1, 0.15) is 50.5 Å². The van der Waals surface area contributed by atoms with Gasteiger partial charge in [-0.15, -0.1) is 0 Å². The van der Waals surface area contributed by atoms with Crippen LogP contribution < -0.4 is 0 Å². The van der Waals surface area contributed by atoms with Crippen molar-refractivity contribution in [2.45, 2.75) is 46.6 Å². The summed E-state index contributed by atoms with van der Waals surface area (Å²) in [6.45, 7) is 7.01. The summed E-state index contributed by atoms with van der Waals surface area (Å²) >= 11 is 0. The predicted molar refractivity (Wildman–Crippen MR) is 60.9 cm³/mol. The van der Waals surface area contributed by atoms with E-state index >= 15 is 0 Å². The fourth-order valence-corrected chi connectivity index (χ4v) is 1.75. The van der Waals surface area contributed by atoms with Crippen LogP contribution >= 0.6 is 0 Å². The first kappa shape index (κ1) is 12.0. The van der Waals surface area contributed by atoms with Gasteiger partial charge in [-0.2, -0.15) is 5.10 Å². The zero-order valence-corrected chi connectivity index (χ0v) is 9.86. The van der Waals surface area contributed by atoms with E-state index in [0.29, 0.717) is 0 Å². The molecule has 1 rings (SSSR count). The highest BCUT2D eigenvalue weighted by Gasteiger charge is 2.17. The molecule has 1 aromatic heterocycles. The Bertz CT molecular complexity index is 317. The first-order chi connectivity index (χ1) is 7.20. The summed E-state index contributed by atoms with van der Waals surface area (Å²) in [5, 5.41) is 4.17. The van der Waals surface area contributed by atoms with Gasteiger partial charge in [0.2, 0.25) is 0 Å². The van der Waals surface area contributed by atoms with Crippen LogP contribution in [0.15, 0.2) is 12.3 Å². The summed E-state index contributed by atoms with van der Waals surface area (Å²) in [6, 6.07) is 1.82. The Labute approximate surface area is 91.5 Å². The van der Waals surface area contributed by atoms with Crippen LogP contribution in [0.4, 0.5) is 0 Å². The van der Waals surface area contributed by atoms with Gasteiger partial charge in [0.15, 0.2) is 5.78 Å². The summed E-state index contributed by atoms with van der Waals surface area (Å²) in [5.74, 6) is 0.338. The smallest absolute Gasteiger partial charge is 0.183 e. The van der Waals surface area contributed by atoms with Crippen molar-refractivity contribution >= 4 is 5.78 Å². The number of hydrogen-bond donors (Lipinski definition) is 0. The average Bonchev–Trinajstić information content (AvgIpc) is 2.66. The molecule has 0 spiro atoms. The summed E-state index contributed by atoms with van der Waals surface area (Å²) in [4.78, 5) is 12.0. The molecule has 0 aromatic carbocycles. The number of hydrogen-bond acceptors (Lipinski definition) is 2. The van der Waals surface area contributed by atoms with Crippen LogP contribution in [0.5, 0.6) is 0 Å². The summed E-state index contributed by atoms with van der Waals surface area (Å²) < 4.78 is 1.81. The van der Waals surface area contributed by atoms with E-state index in [2.05, 4.69) is 18.9 Å². The average molecular weight is 208 g/mol. The molecule has 0 aliphatic rings. The lowest BCUT2D eigenvalue weighted by atomic mass is 9.99. The molecule has 0 saturated heterocycles. The summed E-state index contributed by atoms with van der Waals surface area (Å²) in [5.41, 5.74) is 0.762. The van der Waals surface area contributed by atoms with Crippen LogP contribution in [-0.2, 0) is 6.54 Å². The minimum atomic E-state index is 0.113. The third kappa shape index (κ3) is 2.91. The monoisotopic (exact) mass is 208 g/mol. The highest BCUT2D eigenvalue weighted by atomic mass is 16.1. The van der Waals surface area contributed by atoms with Gasteiger partial charge in [-0.25, -0.2) is 0 Å². The highest BCUT2D eigenvalue weighted by molar-refractivity contribution is 5.96. The number of rotatable bonds is 6. The molecule has 0 radical (unpaired) electrons. The zero-order valence-electron chi connectivity index (χ0n) is 9.86. The molecule has 0 fully saturated rings. The van der Waals surface area contributed by atoms with E-state index in [4.69, 9.17) is 0 Å². The minimum absolute atomic E-state index is 0.113. The molecule has 1 heterocycles. The quantitative estimate of drug-likeness (QED) is 0.674. The Morgan fingerprint density at radius 3 is 2.80 bits per heavy atom. The molecular formula is C12H20N2O. The second-order valence-electron chi connectivity index (χ2n) is 3.99. The number of ketones is 1. The van der Waals surface area contributed by atoms with Crippen molar-refractivity contribution in [3.8, 4) is 0 Å². The second-order valence-corrected chi connectivity index (χ2v) is 3.99. The Morgan fingerprint density at radius 1 is 1.47 bits per heavy atom. The van der Waals surface area contributed by atoms with Crippen LogP contribution in [0.3, 0.4) is 0 Å². The van der Waals surface area contributed by atoms with Gasteiger partial charge in [-0.05, 0) is 18.9 Å². The fraction of sp³-hybridized carbons (Fsp3) is 0.667. The molecule has 0 aliphatic heterocycles. The lowest BCUT2D eigenvalue weighted by Crippen LogP contribution is -2.17. The molecule has 1 atom stereocenters. The normalized spacial score (nSPS) is 12.7. The SMILES string of the molecule is CCCC(C)C(=O)c1ccnn1CCC. The first-order valence-electron chi connectivity index (χ1n) is 5.76. The number of aromatic nitrogens is 2. The minimum Gasteiger partial charge on any atom is -0.292 e. The second kappa shape index (κ2) is 5.69. The summed E-state index contributed by atoms with van der Waals surface area (Å²) in [6.07, 6.45) is 4.72. The Balaban J connectivity index is 2.76. The molecule has 0 aliphatic carbocycles. The van der Waals surface area contributed by atoms with Crippen molar-refractivity contribution in [3.05, 3.63) is 18.0 Å². The maximum absolute atomic E-state index is 12.0. The Hall–Kier alpha value is -1.12. The van der Waals surface area contributed by atoms with Gasteiger partial charge in [0.1, 0.15) is 5.69 Å². The van der Waals surface area contributed by atoms with E-state index in [1.807, 2.05) is 17.7 Å². The third-order valence-corrected chi connectivity index (χ3v) is 2.57. The van der Waals surface area contributed by atoms with Crippen molar-refractivity contribution in [3.63, 3.8) is 0 Å². The van der Waals surface area contributed by atoms with E-state index in [0.717, 1.165) is 31.5 Å². The van der Waals surface area contributed by atoms with Crippen molar-refractivity contribution in [1.29, 1.82) is 0 Å². The lowest BCUT2D eigenvalue weighted by molar-refractivity contribution is 0.0912. The number of aryl methyl sites for hydroxylation is 1. The molecule has 0 N–H and O–H groups in total. The van der Waals surface area contributed by atoms with Crippen LogP contribution in [0, 0.1) is 5.92 Å². The van der Waals surface area contributed by atoms with Crippen molar-refractivity contribution < 1.29 is 4.79 Å². The molecule has 1 unspecified atom stereocenters. The molecule has 1 aromatic rings. The standard InChI is InChI=1S/C12H20N2O/c1-4-6-10(3)12(15)11-7-8-13-14(11)9-5-2/h7-8,10H,4-6,9H2,1-3H3. The van der Waals surface area contributed by atoms with E-state index in [1.165, 1.54) is 0 Å². The van der Waals surface area contributed by atoms with Gasteiger partial charge < -0.3 is 0 Å². The van der Waals surface area contributed by atoms with Gasteiger partial charge in [0, 0.05) is 18.7 Å². The maximum atomic E-state index is 12.0. The van der Waals surface area contributed by atoms with Crippen molar-refractivity contribution in [2.75, 3.05) is 0 Å². The number of carbonyl (C=O) groups is 1. The van der Waals surface area contributed by atoms with E-state index in [-0.39, 0.29) is 11.7 Å². The van der Waals surface area contributed by atoms with Gasteiger partial charge in [-0.1, -0.05) is 27.2 Å². The Kier molecular flexibility index (Phi) is 4.53.